The van der Waals surface area contributed by atoms with Gasteiger partial charge in [0.15, 0.2) is 9.84 Å². The van der Waals surface area contributed by atoms with Crippen LogP contribution in [0.3, 0.4) is 0 Å². The summed E-state index contributed by atoms with van der Waals surface area (Å²) >= 11 is 0. The predicted octanol–water partition coefficient (Wildman–Crippen LogP) is 1.92. The summed E-state index contributed by atoms with van der Waals surface area (Å²) in [6, 6.07) is 12.7. The SMILES string of the molecule is CN(C(=O)c1c(O)c2cc(S(C)(=O)=O)ccc2n(C)c1=O)c1ccccc1. The summed E-state index contributed by atoms with van der Waals surface area (Å²) in [6.45, 7) is 0. The molecule has 0 aliphatic rings. The number of pyridine rings is 1. The molecule has 0 atom stereocenters. The van der Waals surface area contributed by atoms with E-state index >= 15 is 0 Å². The lowest BCUT2D eigenvalue weighted by molar-refractivity contribution is 0.0988. The molecule has 0 saturated heterocycles. The van der Waals surface area contributed by atoms with Crippen molar-refractivity contribution in [2.75, 3.05) is 18.2 Å². The average Bonchev–Trinajstić information content (AvgIpc) is 2.65. The molecule has 2 aromatic carbocycles. The normalized spacial score (nSPS) is 11.5. The molecule has 8 heteroatoms. The average molecular weight is 386 g/mol. The summed E-state index contributed by atoms with van der Waals surface area (Å²) in [6.07, 6.45) is 1.04. The number of rotatable bonds is 3. The van der Waals surface area contributed by atoms with E-state index in [2.05, 4.69) is 0 Å². The Morgan fingerprint density at radius 1 is 1.11 bits per heavy atom. The number of nitrogens with zero attached hydrogens (tertiary/aromatic N) is 2. The number of hydrogen-bond acceptors (Lipinski definition) is 5. The highest BCUT2D eigenvalue weighted by molar-refractivity contribution is 7.90. The number of carbonyl (C=O) groups excluding carboxylic acids is 1. The fourth-order valence-electron chi connectivity index (χ4n) is 2.87. The van der Waals surface area contributed by atoms with Crippen LogP contribution in [0.15, 0.2) is 58.2 Å². The molecule has 0 aliphatic carbocycles. The van der Waals surface area contributed by atoms with Gasteiger partial charge in [0.25, 0.3) is 11.5 Å². The Balaban J connectivity index is 2.27. The van der Waals surface area contributed by atoms with E-state index in [1.165, 1.54) is 41.8 Å². The Bertz CT molecular complexity index is 1210. The molecule has 7 nitrogen and oxygen atoms in total. The van der Waals surface area contributed by atoms with Gasteiger partial charge < -0.3 is 14.6 Å². The summed E-state index contributed by atoms with van der Waals surface area (Å²) < 4.78 is 24.9. The van der Waals surface area contributed by atoms with Crippen molar-refractivity contribution in [2.24, 2.45) is 7.05 Å². The van der Waals surface area contributed by atoms with E-state index in [-0.39, 0.29) is 10.3 Å². The monoisotopic (exact) mass is 386 g/mol. The molecule has 1 heterocycles. The van der Waals surface area contributed by atoms with Crippen molar-refractivity contribution in [3.63, 3.8) is 0 Å². The molecule has 1 amide bonds. The van der Waals surface area contributed by atoms with Gasteiger partial charge in [-0.25, -0.2) is 8.42 Å². The third kappa shape index (κ3) is 3.19. The summed E-state index contributed by atoms with van der Waals surface area (Å²) in [5.41, 5.74) is -0.209. The number of aryl methyl sites for hydroxylation is 1. The largest absolute Gasteiger partial charge is 0.506 e. The quantitative estimate of drug-likeness (QED) is 0.742. The van der Waals surface area contributed by atoms with Crippen molar-refractivity contribution < 1.29 is 18.3 Å². The van der Waals surface area contributed by atoms with Crippen LogP contribution in [-0.2, 0) is 16.9 Å². The maximum Gasteiger partial charge on any atom is 0.267 e. The zero-order valence-electron chi connectivity index (χ0n) is 15.0. The minimum atomic E-state index is -3.52. The molecular weight excluding hydrogens is 368 g/mol. The number of aromatic hydroxyl groups is 1. The molecule has 140 valence electrons. The van der Waals surface area contributed by atoms with E-state index in [4.69, 9.17) is 0 Å². The Morgan fingerprint density at radius 3 is 2.33 bits per heavy atom. The smallest absolute Gasteiger partial charge is 0.267 e. The molecule has 0 spiro atoms. The van der Waals surface area contributed by atoms with Crippen molar-refractivity contribution in [3.8, 4) is 5.75 Å². The zero-order valence-corrected chi connectivity index (χ0v) is 15.8. The fraction of sp³-hybridized carbons (Fsp3) is 0.158. The highest BCUT2D eigenvalue weighted by Gasteiger charge is 2.25. The Labute approximate surface area is 156 Å². The highest BCUT2D eigenvalue weighted by atomic mass is 32.2. The second-order valence-electron chi connectivity index (χ2n) is 6.24. The van der Waals surface area contributed by atoms with Gasteiger partial charge in [-0.05, 0) is 30.3 Å². The molecular formula is C19H18N2O5S. The van der Waals surface area contributed by atoms with Gasteiger partial charge in [-0.1, -0.05) is 18.2 Å². The van der Waals surface area contributed by atoms with Gasteiger partial charge in [0, 0.05) is 31.4 Å². The number of benzene rings is 2. The van der Waals surface area contributed by atoms with Gasteiger partial charge >= 0.3 is 0 Å². The van der Waals surface area contributed by atoms with Gasteiger partial charge in [-0.15, -0.1) is 0 Å². The lowest BCUT2D eigenvalue weighted by Crippen LogP contribution is -2.34. The van der Waals surface area contributed by atoms with Crippen molar-refractivity contribution in [3.05, 3.63) is 64.4 Å². The molecule has 0 saturated carbocycles. The molecule has 0 bridgehead atoms. The predicted molar refractivity (Wildman–Crippen MR) is 103 cm³/mol. The molecule has 0 unspecified atom stereocenters. The van der Waals surface area contributed by atoms with E-state index in [9.17, 15) is 23.1 Å². The molecule has 1 N–H and O–H groups in total. The molecule has 1 aromatic heterocycles. The van der Waals surface area contributed by atoms with Crippen molar-refractivity contribution >= 4 is 32.3 Å². The van der Waals surface area contributed by atoms with Crippen LogP contribution < -0.4 is 10.5 Å². The first-order valence-corrected chi connectivity index (χ1v) is 9.91. The lowest BCUT2D eigenvalue weighted by Gasteiger charge is -2.19. The van der Waals surface area contributed by atoms with Gasteiger partial charge in [0.05, 0.1) is 10.4 Å². The second-order valence-corrected chi connectivity index (χ2v) is 8.25. The molecule has 0 fully saturated rings. The van der Waals surface area contributed by atoms with E-state index < -0.39 is 32.6 Å². The van der Waals surface area contributed by atoms with Crippen LogP contribution in [0.1, 0.15) is 10.4 Å². The van der Waals surface area contributed by atoms with Crippen LogP contribution in [0, 0.1) is 0 Å². The number of hydrogen-bond donors (Lipinski definition) is 1. The maximum absolute atomic E-state index is 12.9. The minimum absolute atomic E-state index is 0.0150. The number of anilines is 1. The fourth-order valence-corrected chi connectivity index (χ4v) is 3.52. The molecule has 3 aromatic rings. The first kappa shape index (κ1) is 18.7. The molecule has 27 heavy (non-hydrogen) atoms. The summed E-state index contributed by atoms with van der Waals surface area (Å²) in [7, 11) is -0.565. The minimum Gasteiger partial charge on any atom is -0.506 e. The van der Waals surface area contributed by atoms with E-state index in [1.54, 1.807) is 30.3 Å². The van der Waals surface area contributed by atoms with Crippen LogP contribution in [-0.4, -0.2) is 37.3 Å². The molecule has 0 radical (unpaired) electrons. The lowest BCUT2D eigenvalue weighted by atomic mass is 10.1. The Morgan fingerprint density at radius 2 is 1.74 bits per heavy atom. The van der Waals surface area contributed by atoms with Gasteiger partial charge in [-0.2, -0.15) is 0 Å². The van der Waals surface area contributed by atoms with E-state index in [0.29, 0.717) is 11.2 Å². The highest BCUT2D eigenvalue weighted by Crippen LogP contribution is 2.29. The number of fused-ring (bicyclic) bond motifs is 1. The first-order valence-electron chi connectivity index (χ1n) is 8.02. The van der Waals surface area contributed by atoms with E-state index in [1.807, 2.05) is 0 Å². The van der Waals surface area contributed by atoms with Crippen molar-refractivity contribution in [1.29, 1.82) is 0 Å². The van der Waals surface area contributed by atoms with E-state index in [0.717, 1.165) is 6.26 Å². The van der Waals surface area contributed by atoms with Crippen LogP contribution in [0.2, 0.25) is 0 Å². The van der Waals surface area contributed by atoms with Crippen LogP contribution in [0.5, 0.6) is 5.75 Å². The second kappa shape index (κ2) is 6.55. The van der Waals surface area contributed by atoms with Crippen molar-refractivity contribution in [2.45, 2.75) is 4.90 Å². The van der Waals surface area contributed by atoms with Crippen LogP contribution in [0.25, 0.3) is 10.9 Å². The van der Waals surface area contributed by atoms with Gasteiger partial charge in [-0.3, -0.25) is 9.59 Å². The number of para-hydroxylation sites is 1. The Kier molecular flexibility index (Phi) is 4.52. The first-order chi connectivity index (χ1) is 12.6. The summed E-state index contributed by atoms with van der Waals surface area (Å²) in [4.78, 5) is 26.8. The number of aromatic nitrogens is 1. The topological polar surface area (TPSA) is 96.7 Å². The molecule has 3 rings (SSSR count). The van der Waals surface area contributed by atoms with Crippen LogP contribution in [0.4, 0.5) is 5.69 Å². The van der Waals surface area contributed by atoms with Crippen LogP contribution >= 0.6 is 0 Å². The van der Waals surface area contributed by atoms with Gasteiger partial charge in [0.2, 0.25) is 0 Å². The maximum atomic E-state index is 12.9. The summed E-state index contributed by atoms with van der Waals surface area (Å²) in [5.74, 6) is -1.22. The number of sulfone groups is 1. The number of amides is 1. The number of carbonyl (C=O) groups is 1. The standard InChI is InChI=1S/C19H18N2O5S/c1-20(12-7-5-4-6-8-12)18(23)16-17(22)14-11-13(27(3,25)26)9-10-15(14)21(2)19(16)24/h4-11,22H,1-3H3. The van der Waals surface area contributed by atoms with Crippen molar-refractivity contribution in [1.82, 2.24) is 4.57 Å². The Hall–Kier alpha value is -3.13. The van der Waals surface area contributed by atoms with Gasteiger partial charge in [0.1, 0.15) is 11.3 Å². The zero-order chi connectivity index (χ0) is 19.9. The molecule has 0 aliphatic heterocycles. The summed E-state index contributed by atoms with van der Waals surface area (Å²) in [5, 5.41) is 10.8. The third-order valence-electron chi connectivity index (χ3n) is 4.43. The third-order valence-corrected chi connectivity index (χ3v) is 5.54.